The Hall–Kier alpha value is -3.61. The number of phenols is 1. The second kappa shape index (κ2) is 5.79. The van der Waals surface area contributed by atoms with Crippen molar-refractivity contribution in [3.63, 3.8) is 0 Å². The van der Waals surface area contributed by atoms with Crippen LogP contribution < -0.4 is 10.3 Å². The van der Waals surface area contributed by atoms with Crippen LogP contribution in [0.2, 0.25) is 0 Å². The molecule has 25 heavy (non-hydrogen) atoms. The van der Waals surface area contributed by atoms with Gasteiger partial charge in [-0.25, -0.2) is 4.98 Å². The smallest absolute Gasteiger partial charge is 0.298 e. The number of aromatic nitrogens is 3. The fraction of sp³-hybridized carbons (Fsp3) is 0.0556. The average Bonchev–Trinajstić information content (AvgIpc) is 3.01. The van der Waals surface area contributed by atoms with E-state index in [0.717, 1.165) is 16.5 Å². The van der Waals surface area contributed by atoms with E-state index in [4.69, 9.17) is 4.74 Å². The maximum atomic E-state index is 12.6. The number of benzene rings is 2. The van der Waals surface area contributed by atoms with Gasteiger partial charge in [-0.3, -0.25) is 4.79 Å². The number of rotatable bonds is 3. The van der Waals surface area contributed by atoms with E-state index in [2.05, 4.69) is 15.1 Å². The predicted molar refractivity (Wildman–Crippen MR) is 95.5 cm³/mol. The molecule has 0 unspecified atom stereocenters. The Morgan fingerprint density at radius 1 is 1.24 bits per heavy atom. The molecular weight excluding hydrogens is 320 g/mol. The third-order valence-corrected chi connectivity index (χ3v) is 3.92. The SMILES string of the molecule is COc1ccc2[nH]c3c(=O)n(/N=C/c4ccc(O)cc4)cnc3c2c1. The van der Waals surface area contributed by atoms with Gasteiger partial charge in [0.25, 0.3) is 5.56 Å². The molecule has 2 heterocycles. The van der Waals surface area contributed by atoms with E-state index < -0.39 is 0 Å². The van der Waals surface area contributed by atoms with Crippen LogP contribution in [-0.2, 0) is 0 Å². The zero-order valence-corrected chi connectivity index (χ0v) is 13.3. The zero-order valence-electron chi connectivity index (χ0n) is 13.3. The van der Waals surface area contributed by atoms with Crippen LogP contribution in [0, 0.1) is 0 Å². The molecule has 0 amide bonds. The summed E-state index contributed by atoms with van der Waals surface area (Å²) in [7, 11) is 1.59. The summed E-state index contributed by atoms with van der Waals surface area (Å²) >= 11 is 0. The number of hydrogen-bond acceptors (Lipinski definition) is 5. The Labute approximate surface area is 141 Å². The van der Waals surface area contributed by atoms with Gasteiger partial charge in [-0.2, -0.15) is 9.78 Å². The number of ether oxygens (including phenoxy) is 1. The van der Waals surface area contributed by atoms with Crippen LogP contribution in [0.4, 0.5) is 0 Å². The van der Waals surface area contributed by atoms with Gasteiger partial charge in [0, 0.05) is 10.9 Å². The molecule has 124 valence electrons. The molecule has 7 heteroatoms. The molecule has 0 aliphatic carbocycles. The highest BCUT2D eigenvalue weighted by Gasteiger charge is 2.11. The van der Waals surface area contributed by atoms with Gasteiger partial charge in [-0.05, 0) is 48.0 Å². The lowest BCUT2D eigenvalue weighted by Crippen LogP contribution is -2.17. The first-order valence-electron chi connectivity index (χ1n) is 7.56. The van der Waals surface area contributed by atoms with E-state index in [1.54, 1.807) is 31.4 Å². The van der Waals surface area contributed by atoms with Gasteiger partial charge in [-0.1, -0.05) is 0 Å². The Morgan fingerprint density at radius 3 is 2.80 bits per heavy atom. The molecular formula is C18H14N4O3. The number of nitrogens with one attached hydrogen (secondary N) is 1. The van der Waals surface area contributed by atoms with E-state index in [9.17, 15) is 9.90 Å². The summed E-state index contributed by atoms with van der Waals surface area (Å²) in [5.41, 5.74) is 2.23. The lowest BCUT2D eigenvalue weighted by molar-refractivity contribution is 0.415. The third-order valence-electron chi connectivity index (χ3n) is 3.92. The molecule has 0 aliphatic rings. The summed E-state index contributed by atoms with van der Waals surface area (Å²) < 4.78 is 6.39. The molecule has 0 radical (unpaired) electrons. The van der Waals surface area contributed by atoms with Crippen molar-refractivity contribution in [3.05, 3.63) is 64.7 Å². The first-order valence-corrected chi connectivity index (χ1v) is 7.56. The lowest BCUT2D eigenvalue weighted by Gasteiger charge is -1.99. The highest BCUT2D eigenvalue weighted by Crippen LogP contribution is 2.25. The molecule has 0 saturated heterocycles. The molecule has 0 spiro atoms. The van der Waals surface area contributed by atoms with E-state index in [1.807, 2.05) is 18.2 Å². The minimum Gasteiger partial charge on any atom is -0.508 e. The van der Waals surface area contributed by atoms with Crippen LogP contribution in [0.3, 0.4) is 0 Å². The summed E-state index contributed by atoms with van der Waals surface area (Å²) in [5, 5.41) is 14.3. The van der Waals surface area contributed by atoms with Crippen LogP contribution in [0.1, 0.15) is 5.56 Å². The van der Waals surface area contributed by atoms with Gasteiger partial charge >= 0.3 is 0 Å². The number of hydrogen-bond donors (Lipinski definition) is 2. The molecule has 2 aromatic heterocycles. The van der Waals surface area contributed by atoms with Gasteiger partial charge in [0.2, 0.25) is 0 Å². The van der Waals surface area contributed by atoms with Gasteiger partial charge in [0.15, 0.2) is 0 Å². The van der Waals surface area contributed by atoms with Crippen LogP contribution >= 0.6 is 0 Å². The monoisotopic (exact) mass is 334 g/mol. The fourth-order valence-corrected chi connectivity index (χ4v) is 2.62. The fourth-order valence-electron chi connectivity index (χ4n) is 2.62. The van der Waals surface area contributed by atoms with Gasteiger partial charge in [0.05, 0.1) is 13.3 Å². The third kappa shape index (κ3) is 2.61. The molecule has 0 bridgehead atoms. The first kappa shape index (κ1) is 14.9. The summed E-state index contributed by atoms with van der Waals surface area (Å²) in [4.78, 5) is 20.1. The summed E-state index contributed by atoms with van der Waals surface area (Å²) in [6.45, 7) is 0. The highest BCUT2D eigenvalue weighted by molar-refractivity contribution is 6.04. The van der Waals surface area contributed by atoms with Crippen molar-refractivity contribution in [2.24, 2.45) is 5.10 Å². The number of phenolic OH excluding ortho intramolecular Hbond substituents is 1. The second-order valence-electron chi connectivity index (χ2n) is 5.49. The van der Waals surface area contributed by atoms with Crippen molar-refractivity contribution >= 4 is 28.2 Å². The Balaban J connectivity index is 1.81. The second-order valence-corrected chi connectivity index (χ2v) is 5.49. The largest absolute Gasteiger partial charge is 0.508 e. The molecule has 4 aromatic rings. The Kier molecular flexibility index (Phi) is 3.46. The summed E-state index contributed by atoms with van der Waals surface area (Å²) in [5.74, 6) is 0.871. The molecule has 4 rings (SSSR count). The molecule has 0 fully saturated rings. The standard InChI is InChI=1S/C18H14N4O3/c1-25-13-6-7-15-14(8-13)16-17(21-15)18(24)22(10-19-16)20-9-11-2-4-12(23)5-3-11/h2-10,21,23H,1H3/b20-9+. The number of aromatic amines is 1. The number of aromatic hydroxyl groups is 1. The van der Waals surface area contributed by atoms with Crippen molar-refractivity contribution in [2.75, 3.05) is 7.11 Å². The Bertz CT molecular complexity index is 1160. The number of fused-ring (bicyclic) bond motifs is 3. The minimum atomic E-state index is -0.296. The van der Waals surface area contributed by atoms with Gasteiger partial charge in [-0.15, -0.1) is 0 Å². The molecule has 2 N–H and O–H groups in total. The highest BCUT2D eigenvalue weighted by atomic mass is 16.5. The topological polar surface area (TPSA) is 92.5 Å². The van der Waals surface area contributed by atoms with Crippen molar-refractivity contribution in [1.82, 2.24) is 14.6 Å². The average molecular weight is 334 g/mol. The predicted octanol–water partition coefficient (Wildman–Crippen LogP) is 2.47. The van der Waals surface area contributed by atoms with Crippen LogP contribution in [-0.4, -0.2) is 33.1 Å². The van der Waals surface area contributed by atoms with E-state index >= 15 is 0 Å². The number of nitrogens with zero attached hydrogens (tertiary/aromatic N) is 3. The molecule has 7 nitrogen and oxygen atoms in total. The summed E-state index contributed by atoms with van der Waals surface area (Å²) in [6.07, 6.45) is 2.91. The van der Waals surface area contributed by atoms with Crippen LogP contribution in [0.15, 0.2) is 58.7 Å². The normalized spacial score (nSPS) is 11.6. The van der Waals surface area contributed by atoms with Crippen molar-refractivity contribution < 1.29 is 9.84 Å². The van der Waals surface area contributed by atoms with Gasteiger partial charge < -0.3 is 14.8 Å². The van der Waals surface area contributed by atoms with E-state index in [1.165, 1.54) is 17.2 Å². The zero-order chi connectivity index (χ0) is 17.4. The number of H-pyrrole nitrogens is 1. The quantitative estimate of drug-likeness (QED) is 0.563. The maximum absolute atomic E-state index is 12.6. The Morgan fingerprint density at radius 2 is 2.04 bits per heavy atom. The van der Waals surface area contributed by atoms with E-state index in [-0.39, 0.29) is 11.3 Å². The molecule has 0 saturated carbocycles. The van der Waals surface area contributed by atoms with Crippen LogP contribution in [0.5, 0.6) is 11.5 Å². The van der Waals surface area contributed by atoms with Gasteiger partial charge in [0.1, 0.15) is 28.9 Å². The molecule has 2 aromatic carbocycles. The van der Waals surface area contributed by atoms with Crippen molar-refractivity contribution in [3.8, 4) is 11.5 Å². The first-order chi connectivity index (χ1) is 12.2. The lowest BCUT2D eigenvalue weighted by atomic mass is 10.2. The van der Waals surface area contributed by atoms with Crippen molar-refractivity contribution in [1.29, 1.82) is 0 Å². The maximum Gasteiger partial charge on any atom is 0.298 e. The van der Waals surface area contributed by atoms with Crippen molar-refractivity contribution in [2.45, 2.75) is 0 Å². The molecule has 0 atom stereocenters. The summed E-state index contributed by atoms with van der Waals surface area (Å²) in [6, 6.07) is 12.0. The van der Waals surface area contributed by atoms with Crippen LogP contribution in [0.25, 0.3) is 21.9 Å². The minimum absolute atomic E-state index is 0.172. The molecule has 0 aliphatic heterocycles. The van der Waals surface area contributed by atoms with E-state index in [0.29, 0.717) is 16.8 Å². The number of methoxy groups -OCH3 is 1.